The summed E-state index contributed by atoms with van der Waals surface area (Å²) in [6.45, 7) is 5.10. The van der Waals surface area contributed by atoms with Crippen LogP contribution in [-0.2, 0) is 13.8 Å². The molecular formula is C10H16ClN3O3S. The predicted molar refractivity (Wildman–Crippen MR) is 66.2 cm³/mol. The summed E-state index contributed by atoms with van der Waals surface area (Å²) < 4.78 is 29.8. The van der Waals surface area contributed by atoms with E-state index < -0.39 is 9.05 Å². The molecule has 1 aliphatic rings. The largest absolute Gasteiger partial charge is 0.381 e. The second-order valence-corrected chi connectivity index (χ2v) is 7.09. The molecule has 1 aromatic heterocycles. The number of aromatic nitrogens is 3. The molecule has 2 heterocycles. The summed E-state index contributed by atoms with van der Waals surface area (Å²) >= 11 is 0. The monoisotopic (exact) mass is 293 g/mol. The van der Waals surface area contributed by atoms with Gasteiger partial charge in [-0.05, 0) is 26.7 Å². The van der Waals surface area contributed by atoms with Crippen molar-refractivity contribution < 1.29 is 13.2 Å². The highest BCUT2D eigenvalue weighted by molar-refractivity contribution is 8.13. The highest BCUT2D eigenvalue weighted by Crippen LogP contribution is 2.29. The van der Waals surface area contributed by atoms with Crippen LogP contribution in [0.3, 0.4) is 0 Å². The molecule has 8 heteroatoms. The van der Waals surface area contributed by atoms with Crippen LogP contribution in [0.4, 0.5) is 0 Å². The normalized spacial score (nSPS) is 18.4. The van der Waals surface area contributed by atoms with Gasteiger partial charge in [0.15, 0.2) is 0 Å². The van der Waals surface area contributed by atoms with Gasteiger partial charge in [-0.3, -0.25) is 4.57 Å². The van der Waals surface area contributed by atoms with Gasteiger partial charge in [0, 0.05) is 35.9 Å². The third-order valence-corrected chi connectivity index (χ3v) is 4.14. The molecule has 0 aromatic carbocycles. The van der Waals surface area contributed by atoms with Crippen LogP contribution in [0.5, 0.6) is 0 Å². The zero-order valence-electron chi connectivity index (χ0n) is 10.3. The zero-order chi connectivity index (χ0) is 13.3. The molecule has 1 aromatic rings. The molecule has 18 heavy (non-hydrogen) atoms. The molecule has 1 aliphatic heterocycles. The summed E-state index contributed by atoms with van der Waals surface area (Å²) in [6.07, 6.45) is 1.65. The van der Waals surface area contributed by atoms with Crippen LogP contribution in [0.25, 0.3) is 0 Å². The minimum Gasteiger partial charge on any atom is -0.381 e. The molecule has 0 saturated carbocycles. The minimum absolute atomic E-state index is 0.0543. The molecule has 0 spiro atoms. The maximum Gasteiger partial charge on any atom is 0.296 e. The van der Waals surface area contributed by atoms with Crippen molar-refractivity contribution in [2.45, 2.75) is 43.8 Å². The molecule has 102 valence electrons. The Hall–Kier alpha value is -0.660. The molecule has 0 atom stereocenters. The fourth-order valence-electron chi connectivity index (χ4n) is 2.17. The number of ether oxygens (including phenoxy) is 1. The van der Waals surface area contributed by atoms with E-state index in [1.54, 1.807) is 4.57 Å². The van der Waals surface area contributed by atoms with Crippen LogP contribution in [0.2, 0.25) is 0 Å². The number of hydrogen-bond acceptors (Lipinski definition) is 5. The minimum atomic E-state index is -3.87. The second-order valence-electron chi connectivity index (χ2n) is 4.63. The Balaban J connectivity index is 2.45. The average molecular weight is 294 g/mol. The highest BCUT2D eigenvalue weighted by atomic mass is 35.7. The van der Waals surface area contributed by atoms with Crippen LogP contribution in [-0.4, -0.2) is 36.4 Å². The molecule has 6 nitrogen and oxygen atoms in total. The Kier molecular flexibility index (Phi) is 3.93. The molecule has 0 radical (unpaired) electrons. The van der Waals surface area contributed by atoms with Crippen molar-refractivity contribution in [1.29, 1.82) is 0 Å². The standard InChI is InChI=1S/C10H16ClN3O3S/c1-7(2)14-9(8-3-5-17-6-4-8)12-13-10(14)18(11,15)16/h7-8H,3-6H2,1-2H3. The van der Waals surface area contributed by atoms with E-state index in [4.69, 9.17) is 15.4 Å². The van der Waals surface area contributed by atoms with E-state index in [0.29, 0.717) is 19.0 Å². The van der Waals surface area contributed by atoms with Gasteiger partial charge in [0.05, 0.1) is 0 Å². The molecule has 1 saturated heterocycles. The van der Waals surface area contributed by atoms with Gasteiger partial charge in [-0.2, -0.15) is 0 Å². The summed E-state index contributed by atoms with van der Waals surface area (Å²) in [5.74, 6) is 0.869. The van der Waals surface area contributed by atoms with E-state index in [1.807, 2.05) is 13.8 Å². The van der Waals surface area contributed by atoms with Crippen molar-refractivity contribution >= 4 is 19.7 Å². The van der Waals surface area contributed by atoms with Gasteiger partial charge < -0.3 is 4.74 Å². The van der Waals surface area contributed by atoms with Gasteiger partial charge in [0.1, 0.15) is 5.82 Å². The fourth-order valence-corrected chi connectivity index (χ4v) is 3.17. The van der Waals surface area contributed by atoms with E-state index in [0.717, 1.165) is 12.8 Å². The first kappa shape index (κ1) is 13.8. The van der Waals surface area contributed by atoms with E-state index in [1.165, 1.54) is 0 Å². The zero-order valence-corrected chi connectivity index (χ0v) is 11.9. The SMILES string of the molecule is CC(C)n1c(C2CCOCC2)nnc1S(=O)(=O)Cl. The first-order valence-electron chi connectivity index (χ1n) is 5.88. The van der Waals surface area contributed by atoms with Crippen LogP contribution in [0.1, 0.15) is 44.5 Å². The van der Waals surface area contributed by atoms with Crippen molar-refractivity contribution in [2.75, 3.05) is 13.2 Å². The van der Waals surface area contributed by atoms with Gasteiger partial charge in [0.25, 0.3) is 14.2 Å². The number of halogens is 1. The molecule has 0 aliphatic carbocycles. The lowest BCUT2D eigenvalue weighted by Crippen LogP contribution is -2.20. The van der Waals surface area contributed by atoms with Crippen LogP contribution >= 0.6 is 10.7 Å². The number of rotatable bonds is 3. The van der Waals surface area contributed by atoms with Gasteiger partial charge >= 0.3 is 0 Å². The van der Waals surface area contributed by atoms with Crippen LogP contribution in [0, 0.1) is 0 Å². The second kappa shape index (κ2) is 5.14. The van der Waals surface area contributed by atoms with Crippen molar-refractivity contribution in [3.63, 3.8) is 0 Å². The molecule has 0 amide bonds. The smallest absolute Gasteiger partial charge is 0.296 e. The van der Waals surface area contributed by atoms with Crippen molar-refractivity contribution in [3.05, 3.63) is 5.82 Å². The molecule has 0 unspecified atom stereocenters. The topological polar surface area (TPSA) is 74.1 Å². The summed E-state index contributed by atoms with van der Waals surface area (Å²) in [4.78, 5) is 0. The molecule has 2 rings (SSSR count). The Morgan fingerprint density at radius 1 is 1.33 bits per heavy atom. The number of nitrogens with zero attached hydrogens (tertiary/aromatic N) is 3. The van der Waals surface area contributed by atoms with Crippen molar-refractivity contribution in [2.24, 2.45) is 0 Å². The summed E-state index contributed by atoms with van der Waals surface area (Å²) in [7, 11) is 1.52. The van der Waals surface area contributed by atoms with E-state index in [-0.39, 0.29) is 17.1 Å². The third kappa shape index (κ3) is 2.67. The maximum absolute atomic E-state index is 11.5. The highest BCUT2D eigenvalue weighted by Gasteiger charge is 2.29. The Labute approximate surface area is 111 Å². The maximum atomic E-state index is 11.5. The molecule has 0 N–H and O–H groups in total. The Morgan fingerprint density at radius 3 is 2.44 bits per heavy atom. The lowest BCUT2D eigenvalue weighted by molar-refractivity contribution is 0.0823. The molecular weight excluding hydrogens is 278 g/mol. The summed E-state index contributed by atoms with van der Waals surface area (Å²) in [5, 5.41) is 7.59. The summed E-state index contributed by atoms with van der Waals surface area (Å²) in [5.41, 5.74) is 0. The first-order chi connectivity index (χ1) is 8.41. The Bertz CT molecular complexity index is 520. The van der Waals surface area contributed by atoms with E-state index >= 15 is 0 Å². The van der Waals surface area contributed by atoms with E-state index in [2.05, 4.69) is 10.2 Å². The van der Waals surface area contributed by atoms with Gasteiger partial charge in [-0.15, -0.1) is 10.2 Å². The molecule has 1 fully saturated rings. The molecule has 0 bridgehead atoms. The fraction of sp³-hybridized carbons (Fsp3) is 0.800. The van der Waals surface area contributed by atoms with Crippen molar-refractivity contribution in [3.8, 4) is 0 Å². The van der Waals surface area contributed by atoms with Gasteiger partial charge in [-0.25, -0.2) is 8.42 Å². The third-order valence-electron chi connectivity index (χ3n) is 3.01. The van der Waals surface area contributed by atoms with Crippen molar-refractivity contribution in [1.82, 2.24) is 14.8 Å². The van der Waals surface area contributed by atoms with Gasteiger partial charge in [0.2, 0.25) is 0 Å². The lowest BCUT2D eigenvalue weighted by Gasteiger charge is -2.23. The lowest BCUT2D eigenvalue weighted by atomic mass is 9.99. The summed E-state index contributed by atoms with van der Waals surface area (Å²) in [6, 6.07) is -0.0543. The Morgan fingerprint density at radius 2 is 1.94 bits per heavy atom. The van der Waals surface area contributed by atoms with Crippen LogP contribution < -0.4 is 0 Å². The number of hydrogen-bond donors (Lipinski definition) is 0. The quantitative estimate of drug-likeness (QED) is 0.793. The average Bonchev–Trinajstić information content (AvgIpc) is 2.74. The van der Waals surface area contributed by atoms with E-state index in [9.17, 15) is 8.42 Å². The van der Waals surface area contributed by atoms with Crippen LogP contribution in [0.15, 0.2) is 5.16 Å². The van der Waals surface area contributed by atoms with Gasteiger partial charge in [-0.1, -0.05) is 0 Å². The first-order valence-corrected chi connectivity index (χ1v) is 8.19. The predicted octanol–water partition coefficient (Wildman–Crippen LogP) is 1.68.